The predicted octanol–water partition coefficient (Wildman–Crippen LogP) is 4.40. The summed E-state index contributed by atoms with van der Waals surface area (Å²) in [5.74, 6) is -0.770. The first-order valence-electron chi connectivity index (χ1n) is 8.14. The molecule has 0 radical (unpaired) electrons. The number of hydrogen-bond acceptors (Lipinski definition) is 7. The number of benzene rings is 2. The molecule has 0 saturated carbocycles. The lowest BCUT2D eigenvalue weighted by Crippen LogP contribution is -2.15. The van der Waals surface area contributed by atoms with Crippen molar-refractivity contribution in [3.05, 3.63) is 53.6 Å². The first-order chi connectivity index (χ1) is 13.4. The van der Waals surface area contributed by atoms with Crippen molar-refractivity contribution in [2.75, 3.05) is 14.2 Å². The molecule has 0 N–H and O–H groups in total. The molecule has 1 heterocycles. The monoisotopic (exact) mass is 406 g/mol. The van der Waals surface area contributed by atoms with E-state index < -0.39 is 22.7 Å². The number of carbonyl (C=O) groups is 1. The lowest BCUT2D eigenvalue weighted by Gasteiger charge is -2.08. The molecule has 0 aliphatic heterocycles. The van der Waals surface area contributed by atoms with E-state index in [0.717, 1.165) is 30.0 Å². The van der Waals surface area contributed by atoms with Gasteiger partial charge in [-0.2, -0.15) is 0 Å². The summed E-state index contributed by atoms with van der Waals surface area (Å²) in [5, 5.41) is 7.23. The maximum Gasteiger partial charge on any atom is 0.277 e. The van der Waals surface area contributed by atoms with Gasteiger partial charge in [-0.05, 0) is 43.3 Å². The smallest absolute Gasteiger partial charge is 0.277 e. The van der Waals surface area contributed by atoms with E-state index in [4.69, 9.17) is 13.9 Å². The van der Waals surface area contributed by atoms with Crippen LogP contribution in [0.5, 0.6) is 11.5 Å². The second kappa shape index (κ2) is 8.39. The average molecular weight is 406 g/mol. The van der Waals surface area contributed by atoms with Gasteiger partial charge >= 0.3 is 0 Å². The summed E-state index contributed by atoms with van der Waals surface area (Å²) in [7, 11) is 3.04. The maximum atomic E-state index is 13.8. The van der Waals surface area contributed by atoms with E-state index in [1.165, 1.54) is 14.2 Å². The first-order valence-corrected chi connectivity index (χ1v) is 9.02. The molecule has 0 saturated heterocycles. The Balaban J connectivity index is 1.77. The molecule has 1 atom stereocenters. The van der Waals surface area contributed by atoms with Crippen LogP contribution in [0.1, 0.15) is 17.3 Å². The van der Waals surface area contributed by atoms with Gasteiger partial charge in [0.15, 0.2) is 17.3 Å². The summed E-state index contributed by atoms with van der Waals surface area (Å²) in [6, 6.07) is 7.85. The normalized spacial score (nSPS) is 11.9. The molecule has 1 unspecified atom stereocenters. The van der Waals surface area contributed by atoms with Crippen molar-refractivity contribution in [2.45, 2.75) is 17.4 Å². The molecular formula is C19H16F2N2O4S. The molecular weight excluding hydrogens is 390 g/mol. The van der Waals surface area contributed by atoms with Crippen LogP contribution in [0.4, 0.5) is 8.78 Å². The summed E-state index contributed by atoms with van der Waals surface area (Å²) in [5.41, 5.74) is 0.284. The Morgan fingerprint density at radius 3 is 2.54 bits per heavy atom. The van der Waals surface area contributed by atoms with Gasteiger partial charge in [0, 0.05) is 5.56 Å². The number of ether oxygens (including phenoxy) is 2. The quantitative estimate of drug-likeness (QED) is 0.425. The number of methoxy groups -OCH3 is 2. The van der Waals surface area contributed by atoms with E-state index >= 15 is 0 Å². The molecule has 3 aromatic rings. The lowest BCUT2D eigenvalue weighted by atomic mass is 10.1. The zero-order valence-corrected chi connectivity index (χ0v) is 16.0. The molecule has 6 nitrogen and oxygen atoms in total. The fourth-order valence-corrected chi connectivity index (χ4v) is 3.20. The van der Waals surface area contributed by atoms with Crippen molar-refractivity contribution in [2.24, 2.45) is 0 Å². The fourth-order valence-electron chi connectivity index (χ4n) is 2.45. The molecule has 0 fully saturated rings. The van der Waals surface area contributed by atoms with Crippen molar-refractivity contribution in [1.29, 1.82) is 0 Å². The largest absolute Gasteiger partial charge is 0.493 e. The predicted molar refractivity (Wildman–Crippen MR) is 98.8 cm³/mol. The van der Waals surface area contributed by atoms with Gasteiger partial charge < -0.3 is 13.9 Å². The highest BCUT2D eigenvalue weighted by Crippen LogP contribution is 2.33. The van der Waals surface area contributed by atoms with Crippen LogP contribution in [0.3, 0.4) is 0 Å². The minimum Gasteiger partial charge on any atom is -0.493 e. The second-order valence-corrected chi connectivity index (χ2v) is 6.98. The number of hydrogen-bond donors (Lipinski definition) is 0. The Kier molecular flexibility index (Phi) is 5.93. The summed E-state index contributed by atoms with van der Waals surface area (Å²) in [4.78, 5) is 12.4. The van der Waals surface area contributed by atoms with Gasteiger partial charge in [-0.3, -0.25) is 4.79 Å². The Labute approximate surface area is 163 Å². The van der Waals surface area contributed by atoms with E-state index in [1.807, 2.05) is 0 Å². The summed E-state index contributed by atoms with van der Waals surface area (Å²) < 4.78 is 43.1. The number of halogens is 2. The zero-order chi connectivity index (χ0) is 20.3. The molecule has 146 valence electrons. The molecule has 2 aromatic carbocycles. The number of ketones is 1. The van der Waals surface area contributed by atoms with Crippen LogP contribution in [0.15, 0.2) is 46.0 Å². The van der Waals surface area contributed by atoms with Gasteiger partial charge in [0.25, 0.3) is 5.22 Å². The molecule has 0 spiro atoms. The molecule has 0 amide bonds. The van der Waals surface area contributed by atoms with Gasteiger partial charge in [-0.25, -0.2) is 8.78 Å². The number of rotatable bonds is 7. The SMILES string of the molecule is COc1ccc(-c2nnc(SC(C)C(=O)c3cc(F)ccc3F)o2)cc1OC. The molecule has 0 aliphatic carbocycles. The van der Waals surface area contributed by atoms with E-state index in [1.54, 1.807) is 25.1 Å². The van der Waals surface area contributed by atoms with Gasteiger partial charge in [0.2, 0.25) is 5.89 Å². The highest BCUT2D eigenvalue weighted by Gasteiger charge is 2.23. The summed E-state index contributed by atoms with van der Waals surface area (Å²) in [6.45, 7) is 1.55. The molecule has 28 heavy (non-hydrogen) atoms. The highest BCUT2D eigenvalue weighted by molar-refractivity contribution is 8.00. The van der Waals surface area contributed by atoms with Crippen LogP contribution in [0, 0.1) is 11.6 Å². The van der Waals surface area contributed by atoms with E-state index in [-0.39, 0.29) is 16.7 Å². The zero-order valence-electron chi connectivity index (χ0n) is 15.2. The van der Waals surface area contributed by atoms with Crippen molar-refractivity contribution < 1.29 is 27.5 Å². The van der Waals surface area contributed by atoms with Crippen LogP contribution >= 0.6 is 11.8 Å². The summed E-state index contributed by atoms with van der Waals surface area (Å²) >= 11 is 0.959. The Hall–Kier alpha value is -2.94. The molecule has 9 heteroatoms. The fraction of sp³-hybridized carbons (Fsp3) is 0.211. The van der Waals surface area contributed by atoms with E-state index in [9.17, 15) is 13.6 Å². The topological polar surface area (TPSA) is 74.5 Å². The molecule has 3 rings (SSSR count). The third kappa shape index (κ3) is 4.14. The third-order valence-corrected chi connectivity index (χ3v) is 4.81. The molecule has 0 bridgehead atoms. The number of nitrogens with zero attached hydrogens (tertiary/aromatic N) is 2. The Bertz CT molecular complexity index is 1010. The van der Waals surface area contributed by atoms with Crippen molar-refractivity contribution >= 4 is 17.5 Å². The van der Waals surface area contributed by atoms with Gasteiger partial charge in [0.1, 0.15) is 11.6 Å². The number of aromatic nitrogens is 2. The number of thioether (sulfide) groups is 1. The minimum absolute atomic E-state index is 0.127. The standard InChI is InChI=1S/C19H16F2N2O4S/c1-10(17(24)13-9-12(20)5-6-14(13)21)28-19-23-22-18(27-19)11-4-7-15(25-2)16(8-11)26-3/h4-10H,1-3H3. The van der Waals surface area contributed by atoms with Crippen molar-refractivity contribution in [3.63, 3.8) is 0 Å². The van der Waals surface area contributed by atoms with Crippen LogP contribution in [-0.4, -0.2) is 35.5 Å². The Morgan fingerprint density at radius 2 is 1.82 bits per heavy atom. The number of carbonyl (C=O) groups excluding carboxylic acids is 1. The van der Waals surface area contributed by atoms with E-state index in [0.29, 0.717) is 17.1 Å². The second-order valence-electron chi connectivity index (χ2n) is 5.69. The van der Waals surface area contributed by atoms with Crippen LogP contribution < -0.4 is 9.47 Å². The minimum atomic E-state index is -0.782. The van der Waals surface area contributed by atoms with Crippen LogP contribution in [-0.2, 0) is 0 Å². The summed E-state index contributed by atoms with van der Waals surface area (Å²) in [6.07, 6.45) is 0. The molecule has 1 aromatic heterocycles. The average Bonchev–Trinajstić information content (AvgIpc) is 3.17. The number of Topliss-reactive ketones (excluding diaryl/α,β-unsaturated/α-hetero) is 1. The van der Waals surface area contributed by atoms with Crippen LogP contribution in [0.25, 0.3) is 11.5 Å². The van der Waals surface area contributed by atoms with Gasteiger partial charge in [-0.15, -0.1) is 10.2 Å². The van der Waals surface area contributed by atoms with E-state index in [2.05, 4.69) is 10.2 Å². The lowest BCUT2D eigenvalue weighted by molar-refractivity contribution is 0.0989. The van der Waals surface area contributed by atoms with Crippen molar-refractivity contribution in [1.82, 2.24) is 10.2 Å². The van der Waals surface area contributed by atoms with Crippen LogP contribution in [0.2, 0.25) is 0 Å². The third-order valence-electron chi connectivity index (χ3n) is 3.88. The maximum absolute atomic E-state index is 13.8. The Morgan fingerprint density at radius 1 is 1.07 bits per heavy atom. The first kappa shape index (κ1) is 19.8. The van der Waals surface area contributed by atoms with Gasteiger partial charge in [0.05, 0.1) is 25.0 Å². The highest BCUT2D eigenvalue weighted by atomic mass is 32.2. The molecule has 0 aliphatic rings. The van der Waals surface area contributed by atoms with Gasteiger partial charge in [-0.1, -0.05) is 11.8 Å². The van der Waals surface area contributed by atoms with Crippen molar-refractivity contribution in [3.8, 4) is 23.0 Å².